The third-order valence-electron chi connectivity index (χ3n) is 3.58. The third-order valence-corrected chi connectivity index (χ3v) is 6.13. The molecule has 0 radical (unpaired) electrons. The Bertz CT molecular complexity index is 1030. The van der Waals surface area contributed by atoms with Gasteiger partial charge in [-0.3, -0.25) is 4.79 Å². The van der Waals surface area contributed by atoms with Crippen molar-refractivity contribution in [2.75, 3.05) is 19.4 Å². The third kappa shape index (κ3) is 6.23. The summed E-state index contributed by atoms with van der Waals surface area (Å²) in [7, 11) is -1.43. The van der Waals surface area contributed by atoms with Gasteiger partial charge in [-0.2, -0.15) is 0 Å². The van der Waals surface area contributed by atoms with Crippen molar-refractivity contribution in [2.45, 2.75) is 17.7 Å². The molecule has 29 heavy (non-hydrogen) atoms. The highest BCUT2D eigenvalue weighted by Gasteiger charge is 2.33. The molecule has 2 rings (SSSR count). The number of carbonyl (C=O) groups is 1. The standard InChI is InChI=1S/C17H15Cl2F3N2O4S/c1-24(2)29(26,27)11-4-6-15(28-17(20,21)22)14(9-11)23-16(25)8-10-3-5-12(18)13(19)7-10/h3-7,9H,8H2,1-2H3,(H,23,25). The van der Waals surface area contributed by atoms with Gasteiger partial charge in [0, 0.05) is 14.1 Å². The molecule has 0 heterocycles. The highest BCUT2D eigenvalue weighted by atomic mass is 35.5. The van der Waals surface area contributed by atoms with Crippen LogP contribution in [0, 0.1) is 0 Å². The van der Waals surface area contributed by atoms with Crippen LogP contribution >= 0.6 is 23.2 Å². The number of hydrogen-bond donors (Lipinski definition) is 1. The number of anilines is 1. The van der Waals surface area contributed by atoms with Crippen LogP contribution in [0.4, 0.5) is 18.9 Å². The van der Waals surface area contributed by atoms with Gasteiger partial charge in [0.15, 0.2) is 5.75 Å². The first-order valence-electron chi connectivity index (χ1n) is 7.85. The lowest BCUT2D eigenvalue weighted by Crippen LogP contribution is -2.23. The maximum absolute atomic E-state index is 12.7. The highest BCUT2D eigenvalue weighted by Crippen LogP contribution is 2.33. The Morgan fingerprint density at radius 2 is 1.76 bits per heavy atom. The minimum Gasteiger partial charge on any atom is -0.404 e. The number of nitrogens with one attached hydrogen (secondary N) is 1. The summed E-state index contributed by atoms with van der Waals surface area (Å²) >= 11 is 11.7. The first-order valence-corrected chi connectivity index (χ1v) is 10.1. The van der Waals surface area contributed by atoms with Gasteiger partial charge in [0.2, 0.25) is 15.9 Å². The van der Waals surface area contributed by atoms with Crippen molar-refractivity contribution in [3.63, 3.8) is 0 Å². The summed E-state index contributed by atoms with van der Waals surface area (Å²) in [4.78, 5) is 12.0. The average molecular weight is 471 g/mol. The van der Waals surface area contributed by atoms with Crippen molar-refractivity contribution in [3.05, 3.63) is 52.0 Å². The number of carbonyl (C=O) groups excluding carboxylic acids is 1. The number of hydrogen-bond acceptors (Lipinski definition) is 4. The lowest BCUT2D eigenvalue weighted by molar-refractivity contribution is -0.274. The van der Waals surface area contributed by atoms with E-state index in [0.29, 0.717) is 5.56 Å². The molecule has 12 heteroatoms. The van der Waals surface area contributed by atoms with E-state index in [1.54, 1.807) is 0 Å². The van der Waals surface area contributed by atoms with Crippen molar-refractivity contribution in [1.29, 1.82) is 0 Å². The molecule has 158 valence electrons. The smallest absolute Gasteiger partial charge is 0.404 e. The molecule has 1 amide bonds. The molecule has 1 N–H and O–H groups in total. The van der Waals surface area contributed by atoms with Crippen LogP contribution in [0.15, 0.2) is 41.3 Å². The summed E-state index contributed by atoms with van der Waals surface area (Å²) in [6, 6.07) is 7.08. The zero-order chi connectivity index (χ0) is 22.0. The summed E-state index contributed by atoms with van der Waals surface area (Å²) in [6.07, 6.45) is -5.28. The number of rotatable bonds is 6. The van der Waals surface area contributed by atoms with Crippen LogP contribution in [0.3, 0.4) is 0 Å². The molecular formula is C17H15Cl2F3N2O4S. The first-order chi connectivity index (χ1) is 13.3. The van der Waals surface area contributed by atoms with E-state index in [4.69, 9.17) is 23.2 Å². The molecule has 0 spiro atoms. The molecule has 0 atom stereocenters. The van der Waals surface area contributed by atoms with Crippen LogP contribution in [0.5, 0.6) is 5.75 Å². The van der Waals surface area contributed by atoms with Gasteiger partial charge >= 0.3 is 6.36 Å². The fourth-order valence-electron chi connectivity index (χ4n) is 2.22. The maximum Gasteiger partial charge on any atom is 0.573 e. The average Bonchev–Trinajstić information content (AvgIpc) is 2.58. The molecule has 6 nitrogen and oxygen atoms in total. The molecule has 0 aromatic heterocycles. The number of amides is 1. The van der Waals surface area contributed by atoms with Crippen molar-refractivity contribution in [3.8, 4) is 5.75 Å². The van der Waals surface area contributed by atoms with E-state index in [9.17, 15) is 26.4 Å². The molecule has 0 aliphatic heterocycles. The summed E-state index contributed by atoms with van der Waals surface area (Å²) < 4.78 is 67.3. The fraction of sp³-hybridized carbons (Fsp3) is 0.235. The van der Waals surface area contributed by atoms with Crippen molar-refractivity contribution < 1.29 is 31.1 Å². The zero-order valence-corrected chi connectivity index (χ0v) is 17.4. The van der Waals surface area contributed by atoms with Gasteiger partial charge in [0.25, 0.3) is 0 Å². The van der Waals surface area contributed by atoms with Crippen LogP contribution in [-0.4, -0.2) is 39.1 Å². The van der Waals surface area contributed by atoms with E-state index in [1.807, 2.05) is 0 Å². The van der Waals surface area contributed by atoms with Gasteiger partial charge in [-0.1, -0.05) is 29.3 Å². The first kappa shape index (κ1) is 23.3. The lowest BCUT2D eigenvalue weighted by Gasteiger charge is -2.17. The van der Waals surface area contributed by atoms with E-state index in [2.05, 4.69) is 10.1 Å². The van der Waals surface area contributed by atoms with E-state index >= 15 is 0 Å². The predicted octanol–water partition coefficient (Wildman–Crippen LogP) is 4.32. The lowest BCUT2D eigenvalue weighted by atomic mass is 10.1. The van der Waals surface area contributed by atoms with Crippen LogP contribution in [-0.2, 0) is 21.2 Å². The predicted molar refractivity (Wildman–Crippen MR) is 103 cm³/mol. The van der Waals surface area contributed by atoms with Crippen LogP contribution in [0.2, 0.25) is 10.0 Å². The van der Waals surface area contributed by atoms with Crippen molar-refractivity contribution in [1.82, 2.24) is 4.31 Å². The van der Waals surface area contributed by atoms with Crippen LogP contribution in [0.1, 0.15) is 5.56 Å². The summed E-state index contributed by atoms with van der Waals surface area (Å²) in [6.45, 7) is 0. The van der Waals surface area contributed by atoms with E-state index in [-0.39, 0.29) is 21.4 Å². The Morgan fingerprint density at radius 1 is 1.10 bits per heavy atom. The molecule has 0 aliphatic rings. The van der Waals surface area contributed by atoms with Crippen molar-refractivity contribution >= 4 is 44.8 Å². The van der Waals surface area contributed by atoms with E-state index in [1.165, 1.54) is 32.3 Å². The Balaban J connectivity index is 2.36. The second-order valence-electron chi connectivity index (χ2n) is 5.97. The Kier molecular flexibility index (Phi) is 7.05. The normalized spacial score (nSPS) is 12.1. The molecule has 0 fully saturated rings. The highest BCUT2D eigenvalue weighted by molar-refractivity contribution is 7.89. The molecule has 0 aliphatic carbocycles. The summed E-state index contributed by atoms with van der Waals surface area (Å²) in [5, 5.41) is 2.73. The van der Waals surface area contributed by atoms with Crippen molar-refractivity contribution in [2.24, 2.45) is 0 Å². The Labute approximate surface area is 175 Å². The van der Waals surface area contributed by atoms with E-state index < -0.39 is 33.7 Å². The van der Waals surface area contributed by atoms with E-state index in [0.717, 1.165) is 22.5 Å². The number of nitrogens with zero attached hydrogens (tertiary/aromatic N) is 1. The molecule has 0 bridgehead atoms. The second kappa shape index (κ2) is 8.78. The number of sulfonamides is 1. The van der Waals surface area contributed by atoms with Crippen LogP contribution in [0.25, 0.3) is 0 Å². The van der Waals surface area contributed by atoms with Gasteiger partial charge in [0.1, 0.15) is 0 Å². The molecule has 2 aromatic carbocycles. The van der Waals surface area contributed by atoms with Gasteiger partial charge in [-0.15, -0.1) is 13.2 Å². The van der Waals surface area contributed by atoms with Gasteiger partial charge in [0.05, 0.1) is 27.0 Å². The zero-order valence-electron chi connectivity index (χ0n) is 15.0. The quantitative estimate of drug-likeness (QED) is 0.681. The Hall–Kier alpha value is -2.01. The topological polar surface area (TPSA) is 75.7 Å². The molecule has 0 saturated heterocycles. The second-order valence-corrected chi connectivity index (χ2v) is 8.93. The number of alkyl halides is 3. The SMILES string of the molecule is CN(C)S(=O)(=O)c1ccc(OC(F)(F)F)c(NC(=O)Cc2ccc(Cl)c(Cl)c2)c1. The van der Waals surface area contributed by atoms with Crippen LogP contribution < -0.4 is 10.1 Å². The number of benzene rings is 2. The van der Waals surface area contributed by atoms with Gasteiger partial charge < -0.3 is 10.1 Å². The monoisotopic (exact) mass is 470 g/mol. The minimum absolute atomic E-state index is 0.206. The molecule has 0 unspecified atom stereocenters. The number of halogens is 5. The maximum atomic E-state index is 12.7. The van der Waals surface area contributed by atoms with Gasteiger partial charge in [-0.05, 0) is 35.9 Å². The molecule has 0 saturated carbocycles. The largest absolute Gasteiger partial charge is 0.573 e. The summed E-state index contributed by atoms with van der Waals surface area (Å²) in [5.74, 6) is -1.47. The minimum atomic E-state index is -5.04. The molecule has 2 aromatic rings. The Morgan fingerprint density at radius 3 is 2.31 bits per heavy atom. The molecular weight excluding hydrogens is 456 g/mol. The number of ether oxygens (including phenoxy) is 1. The van der Waals surface area contributed by atoms with Gasteiger partial charge in [-0.25, -0.2) is 12.7 Å². The fourth-order valence-corrected chi connectivity index (χ4v) is 3.47. The summed E-state index contributed by atoms with van der Waals surface area (Å²) in [5.41, 5.74) is 0.00238.